The Balaban J connectivity index is 1.85. The van der Waals surface area contributed by atoms with E-state index >= 15 is 0 Å². The van der Waals surface area contributed by atoms with E-state index in [1.807, 2.05) is 37.3 Å². The Morgan fingerprint density at radius 1 is 1.29 bits per heavy atom. The number of carbonyl (C=O) groups is 1. The van der Waals surface area contributed by atoms with Crippen molar-refractivity contribution >= 4 is 11.6 Å². The molecule has 126 valence electrons. The molecule has 1 aliphatic carbocycles. The molecule has 1 aliphatic rings. The summed E-state index contributed by atoms with van der Waals surface area (Å²) in [7, 11) is 0. The minimum atomic E-state index is -0.249. The monoisotopic (exact) mass is 326 g/mol. The molecule has 0 aliphatic heterocycles. The summed E-state index contributed by atoms with van der Waals surface area (Å²) in [6.45, 7) is 6.46. The average molecular weight is 326 g/mol. The molecule has 0 unspecified atom stereocenters. The smallest absolute Gasteiger partial charge is 0.287 e. The van der Waals surface area contributed by atoms with E-state index in [4.69, 9.17) is 4.42 Å². The molecule has 0 fully saturated rings. The lowest BCUT2D eigenvalue weighted by Gasteiger charge is -2.28. The first-order valence-corrected chi connectivity index (χ1v) is 8.07. The van der Waals surface area contributed by atoms with Crippen LogP contribution in [-0.4, -0.2) is 16.8 Å². The highest BCUT2D eigenvalue weighted by atomic mass is 16.4. The average Bonchev–Trinajstić information content (AvgIpc) is 2.88. The number of hydrogen-bond acceptors (Lipinski definition) is 4. The molecule has 2 N–H and O–H groups in total. The lowest BCUT2D eigenvalue weighted by molar-refractivity contribution is 0.0919. The minimum absolute atomic E-state index is 0.0589. The van der Waals surface area contributed by atoms with Crippen LogP contribution in [0.2, 0.25) is 0 Å². The molecule has 1 aromatic carbocycles. The van der Waals surface area contributed by atoms with E-state index in [2.05, 4.69) is 24.3 Å². The van der Waals surface area contributed by atoms with Gasteiger partial charge in [0.05, 0.1) is 5.71 Å². The lowest BCUT2D eigenvalue weighted by Crippen LogP contribution is -2.27. The zero-order valence-corrected chi connectivity index (χ0v) is 14.2. The predicted molar refractivity (Wildman–Crippen MR) is 91.5 cm³/mol. The molecule has 1 amide bonds. The Morgan fingerprint density at radius 2 is 2.00 bits per heavy atom. The molecule has 0 saturated heterocycles. The third-order valence-corrected chi connectivity index (χ3v) is 4.42. The summed E-state index contributed by atoms with van der Waals surface area (Å²) in [5.41, 5.74) is 3.07. The van der Waals surface area contributed by atoms with E-state index in [9.17, 15) is 10.0 Å². The van der Waals surface area contributed by atoms with Crippen LogP contribution in [0, 0.1) is 12.3 Å². The Morgan fingerprint density at radius 3 is 2.67 bits per heavy atom. The first-order chi connectivity index (χ1) is 11.4. The molecule has 5 nitrogen and oxygen atoms in total. The standard InChI is InChI=1S/C19H22N2O3/c1-12-16-14(21-23)9-19(2,3)10-15(16)24-17(12)18(22)20-11-13-7-5-4-6-8-13/h4-8,23H,9-11H2,1-3H3,(H,20,22)/b21-14-. The molecule has 24 heavy (non-hydrogen) atoms. The van der Waals surface area contributed by atoms with Gasteiger partial charge in [0.2, 0.25) is 0 Å². The zero-order valence-electron chi connectivity index (χ0n) is 14.2. The van der Waals surface area contributed by atoms with Gasteiger partial charge in [-0.1, -0.05) is 49.3 Å². The van der Waals surface area contributed by atoms with E-state index in [1.165, 1.54) is 0 Å². The largest absolute Gasteiger partial charge is 0.455 e. The van der Waals surface area contributed by atoms with Gasteiger partial charge in [0, 0.05) is 24.1 Å². The Hall–Kier alpha value is -2.56. The summed E-state index contributed by atoms with van der Waals surface area (Å²) in [4.78, 5) is 12.5. The third-order valence-electron chi connectivity index (χ3n) is 4.42. The number of rotatable bonds is 3. The highest BCUT2D eigenvalue weighted by Gasteiger charge is 2.36. The van der Waals surface area contributed by atoms with Crippen molar-refractivity contribution in [1.82, 2.24) is 5.32 Å². The predicted octanol–water partition coefficient (Wildman–Crippen LogP) is 3.67. The van der Waals surface area contributed by atoms with Gasteiger partial charge in [0.15, 0.2) is 5.76 Å². The number of fused-ring (bicyclic) bond motifs is 1. The summed E-state index contributed by atoms with van der Waals surface area (Å²) >= 11 is 0. The highest BCUT2D eigenvalue weighted by molar-refractivity contribution is 6.06. The molecular formula is C19H22N2O3. The van der Waals surface area contributed by atoms with E-state index in [-0.39, 0.29) is 11.3 Å². The molecule has 0 spiro atoms. The fourth-order valence-corrected chi connectivity index (χ4v) is 3.27. The van der Waals surface area contributed by atoms with E-state index < -0.39 is 0 Å². The van der Waals surface area contributed by atoms with Crippen LogP contribution in [0.4, 0.5) is 0 Å². The zero-order chi connectivity index (χ0) is 17.3. The molecule has 2 aromatic rings. The molecule has 3 rings (SSSR count). The number of nitrogens with zero attached hydrogens (tertiary/aromatic N) is 1. The van der Waals surface area contributed by atoms with Crippen LogP contribution in [0.25, 0.3) is 0 Å². The van der Waals surface area contributed by atoms with Crippen LogP contribution in [0.5, 0.6) is 0 Å². The number of carbonyl (C=O) groups excluding carboxylic acids is 1. The number of oxime groups is 1. The normalized spacial score (nSPS) is 17.5. The van der Waals surface area contributed by atoms with Gasteiger partial charge in [-0.05, 0) is 24.3 Å². The maximum absolute atomic E-state index is 12.5. The summed E-state index contributed by atoms with van der Waals surface area (Å²) in [6, 6.07) is 9.72. The fourth-order valence-electron chi connectivity index (χ4n) is 3.27. The topological polar surface area (TPSA) is 74.8 Å². The molecule has 1 aromatic heterocycles. The van der Waals surface area contributed by atoms with Crippen molar-refractivity contribution in [3.05, 3.63) is 58.5 Å². The van der Waals surface area contributed by atoms with Crippen molar-refractivity contribution in [3.63, 3.8) is 0 Å². The highest BCUT2D eigenvalue weighted by Crippen LogP contribution is 2.38. The number of nitrogens with one attached hydrogen (secondary N) is 1. The molecule has 0 radical (unpaired) electrons. The van der Waals surface area contributed by atoms with Crippen molar-refractivity contribution in [3.8, 4) is 0 Å². The van der Waals surface area contributed by atoms with E-state index in [0.717, 1.165) is 22.5 Å². The number of furan rings is 1. The molecule has 5 heteroatoms. The quantitative estimate of drug-likeness (QED) is 0.667. The molecule has 0 saturated carbocycles. The number of amides is 1. The summed E-state index contributed by atoms with van der Waals surface area (Å²) in [6.07, 6.45) is 1.37. The van der Waals surface area contributed by atoms with Gasteiger partial charge in [0.1, 0.15) is 5.76 Å². The van der Waals surface area contributed by atoms with E-state index in [0.29, 0.717) is 30.9 Å². The van der Waals surface area contributed by atoms with Gasteiger partial charge in [-0.25, -0.2) is 0 Å². The number of benzene rings is 1. The summed E-state index contributed by atoms with van der Waals surface area (Å²) in [5.74, 6) is 0.775. The first-order valence-electron chi connectivity index (χ1n) is 8.07. The van der Waals surface area contributed by atoms with Crippen molar-refractivity contribution in [2.75, 3.05) is 0 Å². The van der Waals surface area contributed by atoms with Crippen LogP contribution in [0.1, 0.15) is 53.3 Å². The van der Waals surface area contributed by atoms with Crippen molar-refractivity contribution in [1.29, 1.82) is 0 Å². The maximum Gasteiger partial charge on any atom is 0.287 e. The van der Waals surface area contributed by atoms with Gasteiger partial charge < -0.3 is 14.9 Å². The second-order valence-electron chi connectivity index (χ2n) is 7.09. The van der Waals surface area contributed by atoms with Crippen LogP contribution >= 0.6 is 0 Å². The van der Waals surface area contributed by atoms with Gasteiger partial charge in [-0.15, -0.1) is 0 Å². The van der Waals surface area contributed by atoms with Crippen molar-refractivity contribution in [2.45, 2.75) is 40.2 Å². The molecule has 0 atom stereocenters. The van der Waals surface area contributed by atoms with E-state index in [1.54, 1.807) is 0 Å². The van der Waals surface area contributed by atoms with Crippen LogP contribution in [0.3, 0.4) is 0 Å². The van der Waals surface area contributed by atoms with Crippen molar-refractivity contribution < 1.29 is 14.4 Å². The lowest BCUT2D eigenvalue weighted by atomic mass is 9.75. The fraction of sp³-hybridized carbons (Fsp3) is 0.368. The van der Waals surface area contributed by atoms with Gasteiger partial charge in [-0.3, -0.25) is 4.79 Å². The minimum Gasteiger partial charge on any atom is -0.455 e. The Labute approximate surface area is 141 Å². The Kier molecular flexibility index (Phi) is 4.18. The second-order valence-corrected chi connectivity index (χ2v) is 7.09. The second kappa shape index (κ2) is 6.15. The van der Waals surface area contributed by atoms with Crippen LogP contribution in [-0.2, 0) is 13.0 Å². The summed E-state index contributed by atoms with van der Waals surface area (Å²) in [5, 5.41) is 15.7. The molecular weight excluding hydrogens is 304 g/mol. The van der Waals surface area contributed by atoms with Crippen molar-refractivity contribution in [2.24, 2.45) is 10.6 Å². The van der Waals surface area contributed by atoms with Gasteiger partial charge in [0.25, 0.3) is 5.91 Å². The molecule has 1 heterocycles. The first kappa shape index (κ1) is 16.3. The summed E-state index contributed by atoms with van der Waals surface area (Å²) < 4.78 is 5.85. The Bertz CT molecular complexity index is 788. The molecule has 0 bridgehead atoms. The maximum atomic E-state index is 12.5. The third kappa shape index (κ3) is 3.07. The van der Waals surface area contributed by atoms with Gasteiger partial charge >= 0.3 is 0 Å². The number of hydrogen-bond donors (Lipinski definition) is 2. The van der Waals surface area contributed by atoms with Gasteiger partial charge in [-0.2, -0.15) is 0 Å². The SMILES string of the molecule is Cc1c(C(=O)NCc2ccccc2)oc2c1/C(=N\O)CC(C)(C)C2. The van der Waals surface area contributed by atoms with Crippen LogP contribution in [0.15, 0.2) is 39.9 Å². The van der Waals surface area contributed by atoms with Crippen LogP contribution < -0.4 is 5.32 Å².